The van der Waals surface area contributed by atoms with Crippen LogP contribution in [-0.4, -0.2) is 13.1 Å². The van der Waals surface area contributed by atoms with Gasteiger partial charge in [-0.2, -0.15) is 0 Å². The molecule has 1 aromatic rings. The second-order valence-electron chi connectivity index (χ2n) is 6.79. The van der Waals surface area contributed by atoms with Crippen LogP contribution in [0.5, 0.6) is 0 Å². The van der Waals surface area contributed by atoms with E-state index in [1.54, 1.807) is 0 Å². The minimum atomic E-state index is 0.357. The van der Waals surface area contributed by atoms with Gasteiger partial charge in [0.1, 0.15) is 0 Å². The normalized spacial score (nSPS) is 14.4. The summed E-state index contributed by atoms with van der Waals surface area (Å²) in [7, 11) is 0. The van der Waals surface area contributed by atoms with Crippen LogP contribution >= 0.6 is 11.6 Å². The first-order chi connectivity index (χ1) is 10.0. The highest BCUT2D eigenvalue weighted by Gasteiger charge is 2.27. The van der Waals surface area contributed by atoms with Crippen LogP contribution in [0.2, 0.25) is 5.02 Å². The molecule has 0 heterocycles. The van der Waals surface area contributed by atoms with Crippen LogP contribution in [0.15, 0.2) is 24.3 Å². The van der Waals surface area contributed by atoms with Gasteiger partial charge >= 0.3 is 0 Å². The molecule has 0 aromatic heterocycles. The molecule has 0 aliphatic rings. The highest BCUT2D eigenvalue weighted by molar-refractivity contribution is 6.30. The molecule has 2 heteroatoms. The number of nitrogens with one attached hydrogen (secondary N) is 1. The van der Waals surface area contributed by atoms with Crippen molar-refractivity contribution in [3.8, 4) is 0 Å². The molecular weight excluding hydrogens is 278 g/mol. The molecule has 1 atom stereocenters. The summed E-state index contributed by atoms with van der Waals surface area (Å²) in [5.41, 5.74) is 1.72. The van der Waals surface area contributed by atoms with Crippen molar-refractivity contribution in [1.29, 1.82) is 0 Å². The van der Waals surface area contributed by atoms with Crippen LogP contribution in [0, 0.1) is 11.3 Å². The third-order valence-electron chi connectivity index (χ3n) is 4.33. The lowest BCUT2D eigenvalue weighted by Gasteiger charge is -2.34. The lowest BCUT2D eigenvalue weighted by atomic mass is 9.75. The number of halogens is 1. The molecule has 120 valence electrons. The molecule has 0 aliphatic heterocycles. The van der Waals surface area contributed by atoms with Gasteiger partial charge in [-0.3, -0.25) is 0 Å². The topological polar surface area (TPSA) is 12.0 Å². The second kappa shape index (κ2) is 9.48. The average Bonchev–Trinajstić information content (AvgIpc) is 2.44. The van der Waals surface area contributed by atoms with Gasteiger partial charge in [0, 0.05) is 11.6 Å². The van der Waals surface area contributed by atoms with E-state index in [4.69, 9.17) is 11.6 Å². The van der Waals surface area contributed by atoms with Gasteiger partial charge in [0.2, 0.25) is 0 Å². The highest BCUT2D eigenvalue weighted by Crippen LogP contribution is 2.33. The number of unbranched alkanes of at least 4 members (excludes halogenated alkanes) is 1. The zero-order valence-corrected chi connectivity index (χ0v) is 15.0. The van der Waals surface area contributed by atoms with Crippen molar-refractivity contribution in [2.45, 2.75) is 59.8 Å². The van der Waals surface area contributed by atoms with Crippen LogP contribution in [-0.2, 0) is 6.42 Å². The first-order valence-corrected chi connectivity index (χ1v) is 8.84. The van der Waals surface area contributed by atoms with Crippen molar-refractivity contribution in [3.05, 3.63) is 34.9 Å². The van der Waals surface area contributed by atoms with Gasteiger partial charge in [-0.25, -0.2) is 0 Å². The fraction of sp³-hybridized carbons (Fsp3) is 0.684. The molecular formula is C19H32ClN. The zero-order chi connectivity index (χ0) is 15.7. The maximum absolute atomic E-state index is 6.15. The molecule has 1 N–H and O–H groups in total. The smallest absolute Gasteiger partial charge is 0.0408 e. The largest absolute Gasteiger partial charge is 0.316 e. The van der Waals surface area contributed by atoms with E-state index in [2.05, 4.69) is 51.2 Å². The number of hydrogen-bond acceptors (Lipinski definition) is 1. The van der Waals surface area contributed by atoms with Gasteiger partial charge in [0.15, 0.2) is 0 Å². The van der Waals surface area contributed by atoms with E-state index in [0.717, 1.165) is 24.5 Å². The first kappa shape index (κ1) is 18.5. The molecule has 1 unspecified atom stereocenters. The zero-order valence-electron chi connectivity index (χ0n) is 14.2. The summed E-state index contributed by atoms with van der Waals surface area (Å²) in [6, 6.07) is 8.37. The van der Waals surface area contributed by atoms with Gasteiger partial charge < -0.3 is 5.32 Å². The summed E-state index contributed by atoms with van der Waals surface area (Å²) in [6.45, 7) is 11.4. The Hall–Kier alpha value is -0.530. The van der Waals surface area contributed by atoms with Crippen molar-refractivity contribution in [2.24, 2.45) is 11.3 Å². The highest BCUT2D eigenvalue weighted by atomic mass is 35.5. The van der Waals surface area contributed by atoms with E-state index in [9.17, 15) is 0 Å². The van der Waals surface area contributed by atoms with Crippen LogP contribution in [0.4, 0.5) is 0 Å². The summed E-state index contributed by atoms with van der Waals surface area (Å²) in [5.74, 6) is 0.705. The van der Waals surface area contributed by atoms with Crippen molar-refractivity contribution < 1.29 is 0 Å². The number of hydrogen-bond donors (Lipinski definition) is 1. The standard InChI is InChI=1S/C19H32ClN/c1-5-7-11-19(6-2,15-21-14-16(3)4)13-17-9-8-10-18(20)12-17/h8-10,12,16,21H,5-7,11,13-15H2,1-4H3. The molecule has 1 nitrogen and oxygen atoms in total. The van der Waals surface area contributed by atoms with Crippen molar-refractivity contribution in [1.82, 2.24) is 5.32 Å². The fourth-order valence-electron chi connectivity index (χ4n) is 2.92. The van der Waals surface area contributed by atoms with Crippen LogP contribution in [0.25, 0.3) is 0 Å². The third kappa shape index (κ3) is 6.84. The predicted molar refractivity (Wildman–Crippen MR) is 95.1 cm³/mol. The van der Waals surface area contributed by atoms with Crippen molar-refractivity contribution >= 4 is 11.6 Å². The third-order valence-corrected chi connectivity index (χ3v) is 4.57. The van der Waals surface area contributed by atoms with E-state index in [1.807, 2.05) is 6.07 Å². The Morgan fingerprint density at radius 3 is 2.57 bits per heavy atom. The molecule has 0 amide bonds. The molecule has 0 spiro atoms. The van der Waals surface area contributed by atoms with E-state index >= 15 is 0 Å². The van der Waals surface area contributed by atoms with Crippen LogP contribution in [0.1, 0.15) is 58.9 Å². The first-order valence-electron chi connectivity index (χ1n) is 8.46. The molecule has 0 aliphatic carbocycles. The van der Waals surface area contributed by atoms with E-state index in [0.29, 0.717) is 11.3 Å². The number of benzene rings is 1. The quantitative estimate of drug-likeness (QED) is 0.583. The van der Waals surface area contributed by atoms with Gasteiger partial charge in [0.25, 0.3) is 0 Å². The Morgan fingerprint density at radius 2 is 2.00 bits per heavy atom. The molecule has 1 aromatic carbocycles. The molecule has 1 rings (SSSR count). The van der Waals surface area contributed by atoms with Crippen molar-refractivity contribution in [2.75, 3.05) is 13.1 Å². The number of rotatable bonds is 10. The van der Waals surface area contributed by atoms with Gasteiger partial charge in [-0.15, -0.1) is 0 Å². The second-order valence-corrected chi connectivity index (χ2v) is 7.22. The Bertz CT molecular complexity index is 402. The summed E-state index contributed by atoms with van der Waals surface area (Å²) in [5, 5.41) is 4.54. The van der Waals surface area contributed by atoms with Crippen LogP contribution in [0.3, 0.4) is 0 Å². The maximum atomic E-state index is 6.15. The molecule has 21 heavy (non-hydrogen) atoms. The van der Waals surface area contributed by atoms with E-state index in [-0.39, 0.29) is 0 Å². The van der Waals surface area contributed by atoms with E-state index < -0.39 is 0 Å². The molecule has 0 fully saturated rings. The van der Waals surface area contributed by atoms with Crippen LogP contribution < -0.4 is 5.32 Å². The van der Waals surface area contributed by atoms with Crippen molar-refractivity contribution in [3.63, 3.8) is 0 Å². The Balaban J connectivity index is 2.78. The minimum absolute atomic E-state index is 0.357. The maximum Gasteiger partial charge on any atom is 0.0408 e. The fourth-order valence-corrected chi connectivity index (χ4v) is 3.14. The Morgan fingerprint density at radius 1 is 1.24 bits per heavy atom. The monoisotopic (exact) mass is 309 g/mol. The molecule has 0 saturated heterocycles. The predicted octanol–water partition coefficient (Wildman–Crippen LogP) is 5.71. The van der Waals surface area contributed by atoms with Gasteiger partial charge in [-0.1, -0.05) is 64.3 Å². The van der Waals surface area contributed by atoms with Gasteiger partial charge in [-0.05, 0) is 54.8 Å². The molecule has 0 radical (unpaired) electrons. The van der Waals surface area contributed by atoms with E-state index in [1.165, 1.54) is 31.2 Å². The SMILES string of the molecule is CCCCC(CC)(CNCC(C)C)Cc1cccc(Cl)c1. The van der Waals surface area contributed by atoms with Gasteiger partial charge in [0.05, 0.1) is 0 Å². The lowest BCUT2D eigenvalue weighted by molar-refractivity contribution is 0.226. The molecule has 0 saturated carbocycles. The Kier molecular flexibility index (Phi) is 8.36. The Labute approximate surface area is 136 Å². The molecule has 0 bridgehead atoms. The summed E-state index contributed by atoms with van der Waals surface area (Å²) < 4.78 is 0. The average molecular weight is 310 g/mol. The summed E-state index contributed by atoms with van der Waals surface area (Å²) in [4.78, 5) is 0. The summed E-state index contributed by atoms with van der Waals surface area (Å²) >= 11 is 6.15. The summed E-state index contributed by atoms with van der Waals surface area (Å²) in [6.07, 6.45) is 6.19. The lowest BCUT2D eigenvalue weighted by Crippen LogP contribution is -2.37. The minimum Gasteiger partial charge on any atom is -0.316 e.